The molecule has 1 aliphatic carbocycles. The van der Waals surface area contributed by atoms with Crippen LogP contribution >= 0.6 is 11.3 Å². The normalized spacial score (nSPS) is 15.5. The first-order chi connectivity index (χ1) is 7.33. The summed E-state index contributed by atoms with van der Waals surface area (Å²) in [5.41, 5.74) is 7.87. The fraction of sp³-hybridized carbons (Fsp3) is 0.273. The third-order valence-corrected chi connectivity index (χ3v) is 3.21. The van der Waals surface area contributed by atoms with E-state index in [9.17, 15) is 0 Å². The highest BCUT2D eigenvalue weighted by atomic mass is 32.1. The molecular weight excluding hydrogens is 206 g/mol. The van der Waals surface area contributed by atoms with Crippen molar-refractivity contribution < 1.29 is 0 Å². The highest BCUT2D eigenvalue weighted by molar-refractivity contribution is 7.08. The van der Waals surface area contributed by atoms with E-state index in [1.54, 1.807) is 11.3 Å². The quantitative estimate of drug-likeness (QED) is 0.841. The molecule has 0 bridgehead atoms. The smallest absolute Gasteiger partial charge is 0.134 e. The number of nitrogen functional groups attached to an aromatic ring is 1. The van der Waals surface area contributed by atoms with E-state index in [1.165, 1.54) is 12.8 Å². The molecule has 0 aliphatic heterocycles. The summed E-state index contributed by atoms with van der Waals surface area (Å²) < 4.78 is 0. The minimum atomic E-state index is 0.547. The second-order valence-electron chi connectivity index (χ2n) is 3.82. The Morgan fingerprint density at radius 1 is 1.33 bits per heavy atom. The molecule has 3 rings (SSSR count). The average Bonchev–Trinajstić information content (AvgIpc) is 2.93. The van der Waals surface area contributed by atoms with E-state index in [2.05, 4.69) is 21.4 Å². The Bertz CT molecular complexity index is 475. The molecular formula is C11H11N3S. The van der Waals surface area contributed by atoms with Gasteiger partial charge in [0.2, 0.25) is 0 Å². The van der Waals surface area contributed by atoms with Crippen LogP contribution in [-0.4, -0.2) is 9.97 Å². The molecule has 2 N–H and O–H groups in total. The van der Waals surface area contributed by atoms with E-state index in [-0.39, 0.29) is 0 Å². The Morgan fingerprint density at radius 2 is 2.20 bits per heavy atom. The van der Waals surface area contributed by atoms with Crippen molar-refractivity contribution in [1.82, 2.24) is 9.97 Å². The number of nitrogens with zero attached hydrogens (tertiary/aromatic N) is 2. The molecule has 0 atom stereocenters. The van der Waals surface area contributed by atoms with Crippen LogP contribution in [0.25, 0.3) is 11.3 Å². The maximum atomic E-state index is 5.78. The minimum absolute atomic E-state index is 0.547. The molecule has 15 heavy (non-hydrogen) atoms. The van der Waals surface area contributed by atoms with Crippen molar-refractivity contribution in [2.45, 2.75) is 18.8 Å². The average molecular weight is 217 g/mol. The number of hydrogen-bond donors (Lipinski definition) is 1. The van der Waals surface area contributed by atoms with E-state index in [0.29, 0.717) is 11.7 Å². The van der Waals surface area contributed by atoms with Crippen LogP contribution in [0.3, 0.4) is 0 Å². The van der Waals surface area contributed by atoms with Crippen molar-refractivity contribution in [1.29, 1.82) is 0 Å². The number of aromatic nitrogens is 2. The molecule has 0 unspecified atom stereocenters. The summed E-state index contributed by atoms with van der Waals surface area (Å²) in [5.74, 6) is 2.04. The van der Waals surface area contributed by atoms with Crippen LogP contribution in [0.15, 0.2) is 22.9 Å². The summed E-state index contributed by atoms with van der Waals surface area (Å²) in [5, 5.41) is 4.13. The van der Waals surface area contributed by atoms with Crippen LogP contribution in [0.5, 0.6) is 0 Å². The van der Waals surface area contributed by atoms with Crippen LogP contribution < -0.4 is 5.73 Å². The van der Waals surface area contributed by atoms with E-state index in [1.807, 2.05) is 11.4 Å². The molecule has 2 heterocycles. The predicted octanol–water partition coefficient (Wildman–Crippen LogP) is 2.66. The van der Waals surface area contributed by atoms with Crippen molar-refractivity contribution >= 4 is 17.2 Å². The third kappa shape index (κ3) is 1.72. The van der Waals surface area contributed by atoms with Gasteiger partial charge in [-0.15, -0.1) is 0 Å². The van der Waals surface area contributed by atoms with Crippen molar-refractivity contribution in [2.75, 3.05) is 5.73 Å². The lowest BCUT2D eigenvalue weighted by atomic mass is 10.2. The van der Waals surface area contributed by atoms with Gasteiger partial charge < -0.3 is 5.73 Å². The maximum absolute atomic E-state index is 5.78. The summed E-state index contributed by atoms with van der Waals surface area (Å²) in [6.07, 6.45) is 2.40. The minimum Gasteiger partial charge on any atom is -0.384 e. The van der Waals surface area contributed by atoms with E-state index in [0.717, 1.165) is 17.1 Å². The van der Waals surface area contributed by atoms with Gasteiger partial charge in [-0.25, -0.2) is 9.97 Å². The Kier molecular flexibility index (Phi) is 1.95. The first kappa shape index (κ1) is 8.85. The molecule has 1 saturated carbocycles. The van der Waals surface area contributed by atoms with Gasteiger partial charge in [0.15, 0.2) is 0 Å². The van der Waals surface area contributed by atoms with Crippen LogP contribution in [0, 0.1) is 0 Å². The fourth-order valence-electron chi connectivity index (χ4n) is 1.57. The van der Waals surface area contributed by atoms with Crippen molar-refractivity contribution in [2.24, 2.45) is 0 Å². The standard InChI is InChI=1S/C11H11N3S/c12-10-5-9(8-3-4-15-6-8)13-11(14-10)7-1-2-7/h3-7H,1-2H2,(H2,12,13,14). The fourth-order valence-corrected chi connectivity index (χ4v) is 2.22. The van der Waals surface area contributed by atoms with Crippen LogP contribution in [0.4, 0.5) is 5.82 Å². The Hall–Kier alpha value is -1.42. The van der Waals surface area contributed by atoms with Gasteiger partial charge in [-0.3, -0.25) is 0 Å². The van der Waals surface area contributed by atoms with Gasteiger partial charge in [0, 0.05) is 22.9 Å². The van der Waals surface area contributed by atoms with E-state index in [4.69, 9.17) is 5.73 Å². The summed E-state index contributed by atoms with van der Waals surface area (Å²) >= 11 is 1.67. The molecule has 3 nitrogen and oxygen atoms in total. The first-order valence-electron chi connectivity index (χ1n) is 5.00. The lowest BCUT2D eigenvalue weighted by molar-refractivity contribution is 0.936. The zero-order valence-electron chi connectivity index (χ0n) is 8.18. The molecule has 2 aromatic heterocycles. The van der Waals surface area contributed by atoms with Gasteiger partial charge in [-0.2, -0.15) is 11.3 Å². The summed E-state index contributed by atoms with van der Waals surface area (Å²) in [6, 6.07) is 3.90. The van der Waals surface area contributed by atoms with Gasteiger partial charge in [0.1, 0.15) is 11.6 Å². The molecule has 0 aromatic carbocycles. The van der Waals surface area contributed by atoms with Gasteiger partial charge in [0.05, 0.1) is 5.69 Å². The van der Waals surface area contributed by atoms with Crippen molar-refractivity contribution in [3.63, 3.8) is 0 Å². The Morgan fingerprint density at radius 3 is 2.87 bits per heavy atom. The molecule has 1 fully saturated rings. The SMILES string of the molecule is Nc1cc(-c2ccsc2)nc(C2CC2)n1. The molecule has 1 aliphatic rings. The zero-order chi connectivity index (χ0) is 10.3. The zero-order valence-corrected chi connectivity index (χ0v) is 9.00. The maximum Gasteiger partial charge on any atom is 0.134 e. The lowest BCUT2D eigenvalue weighted by Gasteiger charge is -2.02. The summed E-state index contributed by atoms with van der Waals surface area (Å²) in [6.45, 7) is 0. The monoisotopic (exact) mass is 217 g/mol. The van der Waals surface area contributed by atoms with Gasteiger partial charge in [-0.1, -0.05) is 0 Å². The molecule has 0 saturated heterocycles. The highest BCUT2D eigenvalue weighted by Gasteiger charge is 2.27. The predicted molar refractivity (Wildman–Crippen MR) is 61.7 cm³/mol. The number of hydrogen-bond acceptors (Lipinski definition) is 4. The number of anilines is 1. The summed E-state index contributed by atoms with van der Waals surface area (Å²) in [4.78, 5) is 8.83. The third-order valence-electron chi connectivity index (χ3n) is 2.52. The highest BCUT2D eigenvalue weighted by Crippen LogP contribution is 2.39. The molecule has 0 amide bonds. The molecule has 76 valence electrons. The molecule has 2 aromatic rings. The topological polar surface area (TPSA) is 51.8 Å². The van der Waals surface area contributed by atoms with Crippen molar-refractivity contribution in [3.05, 3.63) is 28.7 Å². The Labute approximate surface area is 92.0 Å². The van der Waals surface area contributed by atoms with Gasteiger partial charge in [-0.05, 0) is 24.3 Å². The van der Waals surface area contributed by atoms with Crippen molar-refractivity contribution in [3.8, 4) is 11.3 Å². The number of thiophene rings is 1. The first-order valence-corrected chi connectivity index (χ1v) is 5.94. The van der Waals surface area contributed by atoms with Crippen LogP contribution in [0.2, 0.25) is 0 Å². The second-order valence-corrected chi connectivity index (χ2v) is 4.60. The largest absolute Gasteiger partial charge is 0.384 e. The number of nitrogens with two attached hydrogens (primary N) is 1. The Balaban J connectivity index is 2.07. The van der Waals surface area contributed by atoms with Crippen LogP contribution in [-0.2, 0) is 0 Å². The summed E-state index contributed by atoms with van der Waals surface area (Å²) in [7, 11) is 0. The molecule has 0 radical (unpaired) electrons. The van der Waals surface area contributed by atoms with E-state index < -0.39 is 0 Å². The van der Waals surface area contributed by atoms with Gasteiger partial charge >= 0.3 is 0 Å². The molecule has 0 spiro atoms. The van der Waals surface area contributed by atoms with Gasteiger partial charge in [0.25, 0.3) is 0 Å². The van der Waals surface area contributed by atoms with Crippen LogP contribution in [0.1, 0.15) is 24.6 Å². The lowest BCUT2D eigenvalue weighted by Crippen LogP contribution is -1.99. The molecule has 4 heteroatoms. The second kappa shape index (κ2) is 3.31. The van der Waals surface area contributed by atoms with E-state index >= 15 is 0 Å². The number of rotatable bonds is 2.